The van der Waals surface area contributed by atoms with Crippen LogP contribution in [0.25, 0.3) is 0 Å². The van der Waals surface area contributed by atoms with Crippen molar-refractivity contribution in [3.05, 3.63) is 88.2 Å². The Hall–Kier alpha value is -2.59. The summed E-state index contributed by atoms with van der Waals surface area (Å²) in [4.78, 5) is 12.5. The van der Waals surface area contributed by atoms with Gasteiger partial charge in [0.2, 0.25) is 5.91 Å². The molecule has 1 N–H and O–H groups in total. The number of hydrogen-bond donors (Lipinski definition) is 1. The van der Waals surface area contributed by atoms with E-state index in [1.54, 1.807) is 0 Å². The van der Waals surface area contributed by atoms with Gasteiger partial charge in [0, 0.05) is 16.3 Å². The van der Waals surface area contributed by atoms with Crippen LogP contribution in [-0.4, -0.2) is 15.7 Å². The predicted molar refractivity (Wildman–Crippen MR) is 107 cm³/mol. The SMILES string of the molecule is O=C(Cc1ccccc1Cl)N[C@H]1CCCc2c1cnn2Cc1ccccc1. The lowest BCUT2D eigenvalue weighted by molar-refractivity contribution is -0.121. The average Bonchev–Trinajstić information content (AvgIpc) is 3.08. The molecule has 0 unspecified atom stereocenters. The van der Waals surface area contributed by atoms with Gasteiger partial charge in [-0.25, -0.2) is 0 Å². The molecule has 5 heteroatoms. The molecule has 0 spiro atoms. The number of hydrogen-bond acceptors (Lipinski definition) is 2. The smallest absolute Gasteiger partial charge is 0.224 e. The van der Waals surface area contributed by atoms with Gasteiger partial charge in [-0.15, -0.1) is 0 Å². The molecule has 1 heterocycles. The standard InChI is InChI=1S/C22H22ClN3O/c23-19-10-5-4-9-17(19)13-22(27)25-20-11-6-12-21-18(20)14-24-26(21)15-16-7-2-1-3-8-16/h1-5,7-10,14,20H,6,11-13,15H2,(H,25,27)/t20-/m0/s1. The number of nitrogens with zero attached hydrogens (tertiary/aromatic N) is 2. The van der Waals surface area contributed by atoms with E-state index in [9.17, 15) is 4.79 Å². The molecular weight excluding hydrogens is 358 g/mol. The topological polar surface area (TPSA) is 46.9 Å². The van der Waals surface area contributed by atoms with Crippen LogP contribution in [0, 0.1) is 0 Å². The second-order valence-electron chi connectivity index (χ2n) is 6.97. The molecule has 0 fully saturated rings. The third-order valence-corrected chi connectivity index (χ3v) is 5.45. The molecule has 0 saturated carbocycles. The number of carbonyl (C=O) groups is 1. The second-order valence-corrected chi connectivity index (χ2v) is 7.38. The van der Waals surface area contributed by atoms with Gasteiger partial charge in [-0.3, -0.25) is 9.48 Å². The Labute approximate surface area is 164 Å². The minimum Gasteiger partial charge on any atom is -0.349 e. The van der Waals surface area contributed by atoms with Crippen LogP contribution in [0.1, 0.15) is 41.3 Å². The number of benzene rings is 2. The highest BCUT2D eigenvalue weighted by Crippen LogP contribution is 2.30. The van der Waals surface area contributed by atoms with E-state index in [4.69, 9.17) is 11.6 Å². The molecule has 3 aromatic rings. The van der Waals surface area contributed by atoms with E-state index in [1.165, 1.54) is 11.3 Å². The summed E-state index contributed by atoms with van der Waals surface area (Å²) >= 11 is 6.18. The Morgan fingerprint density at radius 2 is 1.93 bits per heavy atom. The molecule has 4 rings (SSSR count). The summed E-state index contributed by atoms with van der Waals surface area (Å²) in [5.41, 5.74) is 4.46. The van der Waals surface area contributed by atoms with Gasteiger partial charge in [0.15, 0.2) is 0 Å². The van der Waals surface area contributed by atoms with Gasteiger partial charge in [-0.05, 0) is 36.5 Å². The van der Waals surface area contributed by atoms with E-state index >= 15 is 0 Å². The van der Waals surface area contributed by atoms with Crippen molar-refractivity contribution < 1.29 is 4.79 Å². The van der Waals surface area contributed by atoms with Crippen LogP contribution in [0.5, 0.6) is 0 Å². The maximum Gasteiger partial charge on any atom is 0.224 e. The summed E-state index contributed by atoms with van der Waals surface area (Å²) in [6, 6.07) is 17.8. The summed E-state index contributed by atoms with van der Waals surface area (Å²) in [6.07, 6.45) is 5.20. The van der Waals surface area contributed by atoms with Gasteiger partial charge in [0.05, 0.1) is 25.2 Å². The van der Waals surface area contributed by atoms with Gasteiger partial charge in [0.1, 0.15) is 0 Å². The van der Waals surface area contributed by atoms with Crippen molar-refractivity contribution in [2.75, 3.05) is 0 Å². The maximum absolute atomic E-state index is 12.5. The highest BCUT2D eigenvalue weighted by Gasteiger charge is 2.25. The van der Waals surface area contributed by atoms with Crippen molar-refractivity contribution in [3.63, 3.8) is 0 Å². The number of fused-ring (bicyclic) bond motifs is 1. The van der Waals surface area contributed by atoms with E-state index in [2.05, 4.69) is 27.2 Å². The molecule has 0 bridgehead atoms. The molecular formula is C22H22ClN3O. The van der Waals surface area contributed by atoms with Crippen LogP contribution in [0.2, 0.25) is 5.02 Å². The van der Waals surface area contributed by atoms with Crippen molar-refractivity contribution in [2.45, 2.75) is 38.3 Å². The molecule has 4 nitrogen and oxygen atoms in total. The molecule has 138 valence electrons. The zero-order chi connectivity index (χ0) is 18.6. The predicted octanol–water partition coefficient (Wildman–Crippen LogP) is 4.32. The molecule has 1 aromatic heterocycles. The van der Waals surface area contributed by atoms with Crippen LogP contribution in [-0.2, 0) is 24.2 Å². The lowest BCUT2D eigenvalue weighted by Gasteiger charge is -2.24. The molecule has 1 amide bonds. The van der Waals surface area contributed by atoms with Crippen molar-refractivity contribution in [1.82, 2.24) is 15.1 Å². The van der Waals surface area contributed by atoms with Crippen molar-refractivity contribution >= 4 is 17.5 Å². The molecule has 0 aliphatic heterocycles. The summed E-state index contributed by atoms with van der Waals surface area (Å²) in [7, 11) is 0. The first kappa shape index (κ1) is 17.8. The zero-order valence-corrected chi connectivity index (χ0v) is 15.8. The van der Waals surface area contributed by atoms with E-state index in [0.717, 1.165) is 36.9 Å². The van der Waals surface area contributed by atoms with Gasteiger partial charge in [0.25, 0.3) is 0 Å². The number of aromatic nitrogens is 2. The Morgan fingerprint density at radius 1 is 1.15 bits per heavy atom. The number of amides is 1. The first-order valence-corrected chi connectivity index (χ1v) is 9.70. The van der Waals surface area contributed by atoms with E-state index in [1.807, 2.05) is 48.7 Å². The Balaban J connectivity index is 1.47. The normalized spacial score (nSPS) is 16.0. The van der Waals surface area contributed by atoms with Crippen LogP contribution in [0.4, 0.5) is 0 Å². The molecule has 0 radical (unpaired) electrons. The third-order valence-electron chi connectivity index (χ3n) is 5.08. The van der Waals surface area contributed by atoms with Gasteiger partial charge < -0.3 is 5.32 Å². The van der Waals surface area contributed by atoms with Crippen molar-refractivity contribution in [1.29, 1.82) is 0 Å². The van der Waals surface area contributed by atoms with E-state index in [-0.39, 0.29) is 11.9 Å². The first-order chi connectivity index (χ1) is 13.2. The number of nitrogens with one attached hydrogen (secondary N) is 1. The molecule has 2 aromatic carbocycles. The molecule has 0 saturated heterocycles. The number of rotatable bonds is 5. The molecule has 1 aliphatic carbocycles. The van der Waals surface area contributed by atoms with E-state index < -0.39 is 0 Å². The van der Waals surface area contributed by atoms with Gasteiger partial charge >= 0.3 is 0 Å². The lowest BCUT2D eigenvalue weighted by Crippen LogP contribution is -2.32. The molecule has 1 atom stereocenters. The van der Waals surface area contributed by atoms with Crippen molar-refractivity contribution in [2.24, 2.45) is 0 Å². The Kier molecular flexibility index (Phi) is 5.26. The summed E-state index contributed by atoms with van der Waals surface area (Å²) in [6.45, 7) is 0.760. The first-order valence-electron chi connectivity index (χ1n) is 9.32. The van der Waals surface area contributed by atoms with Crippen LogP contribution >= 0.6 is 11.6 Å². The summed E-state index contributed by atoms with van der Waals surface area (Å²) in [5.74, 6) is -0.00300. The highest BCUT2D eigenvalue weighted by molar-refractivity contribution is 6.31. The fourth-order valence-corrected chi connectivity index (χ4v) is 3.92. The van der Waals surface area contributed by atoms with Crippen molar-refractivity contribution in [3.8, 4) is 0 Å². The minimum atomic E-state index is -0.00300. The quantitative estimate of drug-likeness (QED) is 0.717. The van der Waals surface area contributed by atoms with E-state index in [0.29, 0.717) is 11.4 Å². The monoisotopic (exact) mass is 379 g/mol. The Morgan fingerprint density at radius 3 is 2.74 bits per heavy atom. The summed E-state index contributed by atoms with van der Waals surface area (Å²) < 4.78 is 2.07. The average molecular weight is 380 g/mol. The zero-order valence-electron chi connectivity index (χ0n) is 15.1. The fourth-order valence-electron chi connectivity index (χ4n) is 3.72. The van der Waals surface area contributed by atoms with Crippen LogP contribution in [0.3, 0.4) is 0 Å². The van der Waals surface area contributed by atoms with Crippen LogP contribution in [0.15, 0.2) is 60.8 Å². The number of carbonyl (C=O) groups excluding carboxylic acids is 1. The van der Waals surface area contributed by atoms with Crippen LogP contribution < -0.4 is 5.32 Å². The van der Waals surface area contributed by atoms with Gasteiger partial charge in [-0.1, -0.05) is 60.1 Å². The number of halogens is 1. The maximum atomic E-state index is 12.5. The minimum absolute atomic E-state index is 0.00300. The third kappa shape index (κ3) is 4.06. The lowest BCUT2D eigenvalue weighted by atomic mass is 9.92. The largest absolute Gasteiger partial charge is 0.349 e. The van der Waals surface area contributed by atoms with Gasteiger partial charge in [-0.2, -0.15) is 5.10 Å². The Bertz CT molecular complexity index is 936. The molecule has 27 heavy (non-hydrogen) atoms. The molecule has 1 aliphatic rings. The summed E-state index contributed by atoms with van der Waals surface area (Å²) in [5, 5.41) is 8.40. The second kappa shape index (κ2) is 7.97. The fraction of sp³-hybridized carbons (Fsp3) is 0.273. The highest BCUT2D eigenvalue weighted by atomic mass is 35.5.